The SMILES string of the molecule is Brc1ccccc1CNc1nncc2ccccc12. The van der Waals surface area contributed by atoms with Gasteiger partial charge in [-0.2, -0.15) is 5.10 Å². The Morgan fingerprint density at radius 2 is 1.79 bits per heavy atom. The molecule has 19 heavy (non-hydrogen) atoms. The summed E-state index contributed by atoms with van der Waals surface area (Å²) in [6.45, 7) is 0.712. The van der Waals surface area contributed by atoms with Crippen LogP contribution < -0.4 is 5.32 Å². The summed E-state index contributed by atoms with van der Waals surface area (Å²) in [5.41, 5.74) is 1.19. The number of halogens is 1. The van der Waals surface area contributed by atoms with Gasteiger partial charge in [0.05, 0.1) is 6.20 Å². The molecule has 3 rings (SSSR count). The summed E-state index contributed by atoms with van der Waals surface area (Å²) in [4.78, 5) is 0. The van der Waals surface area contributed by atoms with Crippen molar-refractivity contribution >= 4 is 32.5 Å². The number of nitrogens with one attached hydrogen (secondary N) is 1. The second-order valence-electron chi connectivity index (χ2n) is 4.23. The predicted molar refractivity (Wildman–Crippen MR) is 81.0 cm³/mol. The van der Waals surface area contributed by atoms with Gasteiger partial charge in [-0.05, 0) is 11.6 Å². The molecule has 0 spiro atoms. The van der Waals surface area contributed by atoms with Crippen LogP contribution in [0.2, 0.25) is 0 Å². The minimum absolute atomic E-state index is 0.712. The van der Waals surface area contributed by atoms with Crippen LogP contribution >= 0.6 is 15.9 Å². The van der Waals surface area contributed by atoms with E-state index < -0.39 is 0 Å². The van der Waals surface area contributed by atoms with E-state index in [4.69, 9.17) is 0 Å². The molecule has 1 N–H and O–H groups in total. The molecule has 0 atom stereocenters. The van der Waals surface area contributed by atoms with Gasteiger partial charge >= 0.3 is 0 Å². The largest absolute Gasteiger partial charge is 0.364 e. The van der Waals surface area contributed by atoms with E-state index in [9.17, 15) is 0 Å². The van der Waals surface area contributed by atoms with Gasteiger partial charge in [0.15, 0.2) is 5.82 Å². The van der Waals surface area contributed by atoms with Gasteiger partial charge in [0.1, 0.15) is 0 Å². The molecule has 0 aliphatic heterocycles. The Hall–Kier alpha value is -1.94. The Kier molecular flexibility index (Phi) is 3.42. The van der Waals surface area contributed by atoms with Crippen molar-refractivity contribution in [3.8, 4) is 0 Å². The van der Waals surface area contributed by atoms with Crippen molar-refractivity contribution < 1.29 is 0 Å². The van der Waals surface area contributed by atoms with Crippen LogP contribution in [0.5, 0.6) is 0 Å². The maximum Gasteiger partial charge on any atom is 0.156 e. The molecular weight excluding hydrogens is 302 g/mol. The molecule has 0 bridgehead atoms. The summed E-state index contributed by atoms with van der Waals surface area (Å²) in [5.74, 6) is 0.814. The number of hydrogen-bond donors (Lipinski definition) is 1. The van der Waals surface area contributed by atoms with Crippen molar-refractivity contribution in [3.05, 3.63) is 64.8 Å². The van der Waals surface area contributed by atoms with Crippen molar-refractivity contribution in [1.29, 1.82) is 0 Å². The summed E-state index contributed by atoms with van der Waals surface area (Å²) in [6, 6.07) is 16.2. The lowest BCUT2D eigenvalue weighted by Crippen LogP contribution is -2.03. The highest BCUT2D eigenvalue weighted by atomic mass is 79.9. The third-order valence-electron chi connectivity index (χ3n) is 2.97. The molecule has 0 radical (unpaired) electrons. The number of hydrogen-bond acceptors (Lipinski definition) is 3. The predicted octanol–water partition coefficient (Wildman–Crippen LogP) is 4.00. The topological polar surface area (TPSA) is 37.8 Å². The first-order valence-electron chi connectivity index (χ1n) is 6.02. The summed E-state index contributed by atoms with van der Waals surface area (Å²) < 4.78 is 1.09. The van der Waals surface area contributed by atoms with E-state index in [-0.39, 0.29) is 0 Å². The van der Waals surface area contributed by atoms with Gasteiger partial charge in [-0.15, -0.1) is 5.10 Å². The number of nitrogens with zero attached hydrogens (tertiary/aromatic N) is 2. The first kappa shape index (κ1) is 12.1. The van der Waals surface area contributed by atoms with Crippen molar-refractivity contribution in [2.24, 2.45) is 0 Å². The standard InChI is InChI=1S/C15H12BrN3/c16-14-8-4-2-6-12(14)9-17-15-13-7-3-1-5-11(13)10-18-19-15/h1-8,10H,9H2,(H,17,19). The first-order chi connectivity index (χ1) is 9.34. The van der Waals surface area contributed by atoms with Gasteiger partial charge in [0.25, 0.3) is 0 Å². The normalized spacial score (nSPS) is 10.6. The van der Waals surface area contributed by atoms with E-state index in [0.29, 0.717) is 6.54 Å². The Morgan fingerprint density at radius 3 is 2.68 bits per heavy atom. The van der Waals surface area contributed by atoms with Crippen LogP contribution in [-0.4, -0.2) is 10.2 Å². The average molecular weight is 314 g/mol. The summed E-state index contributed by atoms with van der Waals surface area (Å²) >= 11 is 3.54. The molecule has 1 heterocycles. The molecular formula is C15H12BrN3. The lowest BCUT2D eigenvalue weighted by atomic mass is 10.2. The van der Waals surface area contributed by atoms with E-state index in [1.165, 1.54) is 5.56 Å². The molecule has 0 unspecified atom stereocenters. The van der Waals surface area contributed by atoms with Gasteiger partial charge < -0.3 is 5.32 Å². The lowest BCUT2D eigenvalue weighted by Gasteiger charge is -2.09. The van der Waals surface area contributed by atoms with Crippen LogP contribution in [-0.2, 0) is 6.54 Å². The van der Waals surface area contributed by atoms with Crippen LogP contribution in [0, 0.1) is 0 Å². The fourth-order valence-corrected chi connectivity index (χ4v) is 2.40. The zero-order valence-electron chi connectivity index (χ0n) is 10.2. The minimum Gasteiger partial charge on any atom is -0.364 e. The fourth-order valence-electron chi connectivity index (χ4n) is 1.98. The first-order valence-corrected chi connectivity index (χ1v) is 6.81. The average Bonchev–Trinajstić information content (AvgIpc) is 2.46. The molecule has 0 saturated carbocycles. The second-order valence-corrected chi connectivity index (χ2v) is 5.08. The maximum absolute atomic E-state index is 4.18. The zero-order chi connectivity index (χ0) is 13.1. The van der Waals surface area contributed by atoms with Crippen LogP contribution in [0.4, 0.5) is 5.82 Å². The van der Waals surface area contributed by atoms with E-state index in [2.05, 4.69) is 37.5 Å². The molecule has 3 aromatic rings. The molecule has 0 aliphatic rings. The lowest BCUT2D eigenvalue weighted by molar-refractivity contribution is 1.01. The number of fused-ring (bicyclic) bond motifs is 1. The van der Waals surface area contributed by atoms with Gasteiger partial charge in [0, 0.05) is 21.8 Å². The highest BCUT2D eigenvalue weighted by molar-refractivity contribution is 9.10. The number of aromatic nitrogens is 2. The van der Waals surface area contributed by atoms with Gasteiger partial charge in [-0.1, -0.05) is 58.4 Å². The summed E-state index contributed by atoms with van der Waals surface area (Å²) in [6.07, 6.45) is 1.78. The quantitative estimate of drug-likeness (QED) is 0.794. The Bertz CT molecular complexity index is 707. The van der Waals surface area contributed by atoms with Gasteiger partial charge in [-0.25, -0.2) is 0 Å². The maximum atomic E-state index is 4.18. The molecule has 0 aliphatic carbocycles. The molecule has 0 fully saturated rings. The van der Waals surface area contributed by atoms with Crippen molar-refractivity contribution in [2.75, 3.05) is 5.32 Å². The highest BCUT2D eigenvalue weighted by Crippen LogP contribution is 2.21. The smallest absolute Gasteiger partial charge is 0.156 e. The van der Waals surface area contributed by atoms with Crippen LogP contribution in [0.25, 0.3) is 10.8 Å². The van der Waals surface area contributed by atoms with E-state index >= 15 is 0 Å². The minimum atomic E-state index is 0.712. The van der Waals surface area contributed by atoms with E-state index in [0.717, 1.165) is 21.1 Å². The fraction of sp³-hybridized carbons (Fsp3) is 0.0667. The Balaban J connectivity index is 1.88. The highest BCUT2D eigenvalue weighted by Gasteiger charge is 2.03. The zero-order valence-corrected chi connectivity index (χ0v) is 11.8. The van der Waals surface area contributed by atoms with Crippen molar-refractivity contribution in [1.82, 2.24) is 10.2 Å². The molecule has 1 aromatic heterocycles. The molecule has 94 valence electrons. The molecule has 0 saturated heterocycles. The number of rotatable bonds is 3. The Morgan fingerprint density at radius 1 is 1.00 bits per heavy atom. The van der Waals surface area contributed by atoms with Gasteiger partial charge in [-0.3, -0.25) is 0 Å². The summed E-state index contributed by atoms with van der Waals surface area (Å²) in [7, 11) is 0. The number of benzene rings is 2. The van der Waals surface area contributed by atoms with Crippen LogP contribution in [0.15, 0.2) is 59.2 Å². The van der Waals surface area contributed by atoms with Crippen molar-refractivity contribution in [2.45, 2.75) is 6.54 Å². The molecule has 2 aromatic carbocycles. The third kappa shape index (κ3) is 2.58. The van der Waals surface area contributed by atoms with Crippen LogP contribution in [0.3, 0.4) is 0 Å². The van der Waals surface area contributed by atoms with Gasteiger partial charge in [0.2, 0.25) is 0 Å². The second kappa shape index (κ2) is 5.36. The third-order valence-corrected chi connectivity index (χ3v) is 3.75. The number of anilines is 1. The van der Waals surface area contributed by atoms with E-state index in [1.807, 2.05) is 42.5 Å². The Labute approximate surface area is 119 Å². The molecule has 0 amide bonds. The molecule has 3 nitrogen and oxygen atoms in total. The van der Waals surface area contributed by atoms with Crippen molar-refractivity contribution in [3.63, 3.8) is 0 Å². The molecule has 4 heteroatoms. The monoisotopic (exact) mass is 313 g/mol. The van der Waals surface area contributed by atoms with E-state index in [1.54, 1.807) is 6.20 Å². The van der Waals surface area contributed by atoms with Crippen LogP contribution in [0.1, 0.15) is 5.56 Å². The summed E-state index contributed by atoms with van der Waals surface area (Å²) in [5, 5.41) is 13.7.